The molecule has 0 aliphatic rings. The van der Waals surface area contributed by atoms with Crippen molar-refractivity contribution < 1.29 is 8.60 Å². The predicted molar refractivity (Wildman–Crippen MR) is 82.7 cm³/mol. The molecule has 106 valence electrons. The average molecular weight is 300 g/mol. The lowest BCUT2D eigenvalue weighted by Crippen LogP contribution is -2.00. The minimum Gasteiger partial charge on any atom is -0.399 e. The van der Waals surface area contributed by atoms with Crippen LogP contribution in [0.2, 0.25) is 0 Å². The van der Waals surface area contributed by atoms with Crippen LogP contribution in [0.5, 0.6) is 0 Å². The lowest BCUT2D eigenvalue weighted by molar-refractivity contribution is 0.623. The quantitative estimate of drug-likeness (QED) is 0.755. The van der Waals surface area contributed by atoms with Gasteiger partial charge in [-0.2, -0.15) is 0 Å². The van der Waals surface area contributed by atoms with Crippen LogP contribution in [-0.2, 0) is 16.6 Å². The predicted octanol–water partition coefficient (Wildman–Crippen LogP) is 3.26. The van der Waals surface area contributed by atoms with Crippen molar-refractivity contribution in [3.63, 3.8) is 0 Å². The third-order valence-corrected chi connectivity index (χ3v) is 4.52. The van der Waals surface area contributed by atoms with Gasteiger partial charge in [-0.15, -0.1) is 0 Å². The number of anilines is 1. The number of rotatable bonds is 3. The van der Waals surface area contributed by atoms with E-state index in [1.807, 2.05) is 30.3 Å². The maximum Gasteiger partial charge on any atom is 0.126 e. The summed E-state index contributed by atoms with van der Waals surface area (Å²) in [7, 11) is -1.36. The first kappa shape index (κ1) is 13.7. The molecular formula is C16H13FN2OS. The number of fused-ring (bicyclic) bond motifs is 1. The standard InChI is InChI=1S/C16H13FN2OS/c17-12-7-13(18)9-14(8-12)21(20)10-11-5-6-19-16-4-2-1-3-15(11)16/h1-9H,10,18H2. The monoisotopic (exact) mass is 300 g/mol. The fourth-order valence-corrected chi connectivity index (χ4v) is 3.43. The molecule has 1 heterocycles. The van der Waals surface area contributed by atoms with Crippen LogP contribution in [0.25, 0.3) is 10.9 Å². The van der Waals surface area contributed by atoms with Crippen LogP contribution >= 0.6 is 0 Å². The second kappa shape index (κ2) is 5.61. The molecule has 1 unspecified atom stereocenters. The van der Waals surface area contributed by atoms with E-state index in [4.69, 9.17) is 5.73 Å². The molecule has 0 fully saturated rings. The summed E-state index contributed by atoms with van der Waals surface area (Å²) < 4.78 is 25.8. The van der Waals surface area contributed by atoms with Crippen molar-refractivity contribution in [2.24, 2.45) is 0 Å². The molecular weight excluding hydrogens is 287 g/mol. The second-order valence-electron chi connectivity index (χ2n) is 4.70. The van der Waals surface area contributed by atoms with Crippen molar-refractivity contribution in [2.75, 3.05) is 5.73 Å². The Morgan fingerprint density at radius 1 is 1.14 bits per heavy atom. The highest BCUT2D eigenvalue weighted by molar-refractivity contribution is 7.84. The van der Waals surface area contributed by atoms with Gasteiger partial charge in [0.25, 0.3) is 0 Å². The molecule has 0 spiro atoms. The molecule has 1 atom stereocenters. The Morgan fingerprint density at radius 2 is 1.95 bits per heavy atom. The topological polar surface area (TPSA) is 56.0 Å². The van der Waals surface area contributed by atoms with Crippen molar-refractivity contribution in [1.29, 1.82) is 0 Å². The Labute approximate surface area is 124 Å². The van der Waals surface area contributed by atoms with Gasteiger partial charge in [-0.05, 0) is 35.9 Å². The van der Waals surface area contributed by atoms with E-state index in [9.17, 15) is 8.60 Å². The third kappa shape index (κ3) is 2.92. The number of para-hydroxylation sites is 1. The number of nitrogens with zero attached hydrogens (tertiary/aromatic N) is 1. The van der Waals surface area contributed by atoms with Gasteiger partial charge in [-0.25, -0.2) is 4.39 Å². The molecule has 3 aromatic rings. The largest absolute Gasteiger partial charge is 0.399 e. The molecule has 21 heavy (non-hydrogen) atoms. The molecule has 2 aromatic carbocycles. The van der Waals surface area contributed by atoms with Gasteiger partial charge < -0.3 is 5.73 Å². The first-order valence-electron chi connectivity index (χ1n) is 6.40. The van der Waals surface area contributed by atoms with Crippen molar-refractivity contribution in [3.8, 4) is 0 Å². The lowest BCUT2D eigenvalue weighted by atomic mass is 10.1. The van der Waals surface area contributed by atoms with E-state index in [2.05, 4.69) is 4.98 Å². The zero-order valence-corrected chi connectivity index (χ0v) is 11.9. The van der Waals surface area contributed by atoms with Crippen LogP contribution in [0.15, 0.2) is 59.6 Å². The molecule has 3 rings (SSSR count). The van der Waals surface area contributed by atoms with Crippen LogP contribution < -0.4 is 5.73 Å². The molecule has 0 saturated heterocycles. The van der Waals surface area contributed by atoms with Crippen molar-refractivity contribution in [3.05, 3.63) is 66.1 Å². The Bertz CT molecular complexity index is 810. The van der Waals surface area contributed by atoms with Crippen molar-refractivity contribution >= 4 is 27.4 Å². The smallest absolute Gasteiger partial charge is 0.126 e. The Kier molecular flexibility index (Phi) is 3.66. The molecule has 5 heteroatoms. The van der Waals surface area contributed by atoms with Crippen molar-refractivity contribution in [1.82, 2.24) is 4.98 Å². The summed E-state index contributed by atoms with van der Waals surface area (Å²) in [5.74, 6) is -0.177. The minimum atomic E-state index is -1.36. The van der Waals surface area contributed by atoms with Gasteiger partial charge in [0.15, 0.2) is 0 Å². The number of halogens is 1. The molecule has 0 bridgehead atoms. The summed E-state index contributed by atoms with van der Waals surface area (Å²) in [6.07, 6.45) is 1.69. The summed E-state index contributed by atoms with van der Waals surface area (Å²) in [6, 6.07) is 13.5. The SMILES string of the molecule is Nc1cc(F)cc(S(=O)Cc2ccnc3ccccc23)c1. The van der Waals surface area contributed by atoms with Gasteiger partial charge >= 0.3 is 0 Å². The number of pyridine rings is 1. The number of nitrogen functional groups attached to an aromatic ring is 1. The zero-order valence-electron chi connectivity index (χ0n) is 11.1. The number of hydrogen-bond donors (Lipinski definition) is 1. The summed E-state index contributed by atoms with van der Waals surface area (Å²) in [4.78, 5) is 4.67. The summed E-state index contributed by atoms with van der Waals surface area (Å²) >= 11 is 0. The zero-order chi connectivity index (χ0) is 14.8. The number of benzene rings is 2. The lowest BCUT2D eigenvalue weighted by Gasteiger charge is -2.07. The average Bonchev–Trinajstić information content (AvgIpc) is 2.46. The molecule has 2 N–H and O–H groups in total. The van der Waals surface area contributed by atoms with E-state index in [1.165, 1.54) is 12.1 Å². The van der Waals surface area contributed by atoms with Gasteiger partial charge in [-0.3, -0.25) is 9.19 Å². The Balaban J connectivity index is 1.96. The first-order valence-corrected chi connectivity index (χ1v) is 7.72. The van der Waals surface area contributed by atoms with E-state index in [1.54, 1.807) is 12.3 Å². The molecule has 0 aliphatic carbocycles. The fraction of sp³-hybridized carbons (Fsp3) is 0.0625. The number of hydrogen-bond acceptors (Lipinski definition) is 3. The van der Waals surface area contributed by atoms with E-state index in [0.717, 1.165) is 16.5 Å². The molecule has 0 aliphatic heterocycles. The molecule has 0 amide bonds. The van der Waals surface area contributed by atoms with Crippen LogP contribution in [-0.4, -0.2) is 9.19 Å². The van der Waals surface area contributed by atoms with Crippen LogP contribution in [0, 0.1) is 5.82 Å². The first-order chi connectivity index (χ1) is 10.1. The second-order valence-corrected chi connectivity index (χ2v) is 6.15. The molecule has 0 radical (unpaired) electrons. The fourth-order valence-electron chi connectivity index (χ4n) is 2.22. The molecule has 1 aromatic heterocycles. The molecule has 0 saturated carbocycles. The molecule has 3 nitrogen and oxygen atoms in total. The minimum absolute atomic E-state index is 0.276. The summed E-state index contributed by atoms with van der Waals surface area (Å²) in [6.45, 7) is 0. The van der Waals surface area contributed by atoms with E-state index < -0.39 is 16.6 Å². The normalized spacial score (nSPS) is 12.4. The van der Waals surface area contributed by atoms with Crippen LogP contribution in [0.1, 0.15) is 5.56 Å². The Morgan fingerprint density at radius 3 is 2.76 bits per heavy atom. The van der Waals surface area contributed by atoms with Crippen LogP contribution in [0.3, 0.4) is 0 Å². The van der Waals surface area contributed by atoms with Gasteiger partial charge in [0.05, 0.1) is 22.1 Å². The maximum absolute atomic E-state index is 13.4. The van der Waals surface area contributed by atoms with Crippen molar-refractivity contribution in [2.45, 2.75) is 10.6 Å². The highest BCUT2D eigenvalue weighted by Crippen LogP contribution is 2.21. The van der Waals surface area contributed by atoms with Gasteiger partial charge in [-0.1, -0.05) is 18.2 Å². The van der Waals surface area contributed by atoms with Gasteiger partial charge in [0.1, 0.15) is 5.82 Å². The summed E-state index contributed by atoms with van der Waals surface area (Å²) in [5, 5.41) is 0.956. The highest BCUT2D eigenvalue weighted by atomic mass is 32.2. The van der Waals surface area contributed by atoms with Gasteiger partial charge in [0.2, 0.25) is 0 Å². The number of aromatic nitrogens is 1. The Hall–Kier alpha value is -2.27. The summed E-state index contributed by atoms with van der Waals surface area (Å²) in [5.41, 5.74) is 7.64. The number of nitrogens with two attached hydrogens (primary N) is 1. The van der Waals surface area contributed by atoms with Crippen LogP contribution in [0.4, 0.5) is 10.1 Å². The highest BCUT2D eigenvalue weighted by Gasteiger charge is 2.10. The third-order valence-electron chi connectivity index (χ3n) is 3.18. The van der Waals surface area contributed by atoms with E-state index >= 15 is 0 Å². The van der Waals surface area contributed by atoms with E-state index in [0.29, 0.717) is 10.6 Å². The maximum atomic E-state index is 13.4. The van der Waals surface area contributed by atoms with Gasteiger partial charge in [0, 0.05) is 22.2 Å². The van der Waals surface area contributed by atoms with E-state index in [-0.39, 0.29) is 5.69 Å².